The monoisotopic (exact) mass is 391 g/mol. The summed E-state index contributed by atoms with van der Waals surface area (Å²) in [6.45, 7) is 7.29. The molecule has 1 amide bonds. The number of amides is 1. The first-order valence-electron chi connectivity index (χ1n) is 9.21. The van der Waals surface area contributed by atoms with E-state index in [0.717, 1.165) is 29.7 Å². The average Bonchev–Trinajstić information content (AvgIpc) is 2.90. The quantitative estimate of drug-likeness (QED) is 0.748. The molecule has 0 N–H and O–H groups in total. The highest BCUT2D eigenvalue weighted by Gasteiger charge is 2.29. The van der Waals surface area contributed by atoms with Gasteiger partial charge in [0.15, 0.2) is 6.61 Å². The van der Waals surface area contributed by atoms with Crippen LogP contribution in [0, 0.1) is 13.8 Å². The van der Waals surface area contributed by atoms with Crippen LogP contribution in [0.2, 0.25) is 0 Å². The number of carbonyl (C=O) groups excluding carboxylic acids is 2. The maximum atomic E-state index is 12.6. The van der Waals surface area contributed by atoms with E-state index in [9.17, 15) is 14.4 Å². The Balaban J connectivity index is 1.65. The fraction of sp³-hybridized carbons (Fsp3) is 0.579. The first-order chi connectivity index (χ1) is 12.8. The van der Waals surface area contributed by atoms with Crippen molar-refractivity contribution in [2.24, 2.45) is 0 Å². The van der Waals surface area contributed by atoms with Crippen molar-refractivity contribution >= 4 is 33.4 Å². The molecule has 2 aromatic heterocycles. The average molecular weight is 391 g/mol. The fourth-order valence-corrected chi connectivity index (χ4v) is 4.68. The summed E-state index contributed by atoms with van der Waals surface area (Å²) >= 11 is 1.46. The van der Waals surface area contributed by atoms with Gasteiger partial charge in [0, 0.05) is 17.0 Å². The Kier molecular flexibility index (Phi) is 5.64. The zero-order valence-electron chi connectivity index (χ0n) is 16.2. The summed E-state index contributed by atoms with van der Waals surface area (Å²) in [6, 6.07) is 0.304. The highest BCUT2D eigenvalue weighted by molar-refractivity contribution is 7.18. The summed E-state index contributed by atoms with van der Waals surface area (Å²) in [5, 5.41) is 0.542. The maximum Gasteiger partial charge on any atom is 0.326 e. The molecule has 27 heavy (non-hydrogen) atoms. The Hall–Kier alpha value is -2.22. The minimum atomic E-state index is -0.617. The van der Waals surface area contributed by atoms with Crippen LogP contribution in [0.5, 0.6) is 0 Å². The molecule has 2 aromatic rings. The van der Waals surface area contributed by atoms with Crippen LogP contribution in [0.4, 0.5) is 0 Å². The van der Waals surface area contributed by atoms with Gasteiger partial charge in [0.25, 0.3) is 11.5 Å². The number of likely N-dealkylation sites (tertiary alicyclic amines) is 1. The number of nitrogens with zero attached hydrogens (tertiary/aromatic N) is 3. The highest BCUT2D eigenvalue weighted by atomic mass is 32.1. The van der Waals surface area contributed by atoms with Crippen molar-refractivity contribution in [3.05, 3.63) is 27.1 Å². The van der Waals surface area contributed by atoms with Crippen molar-refractivity contribution in [1.29, 1.82) is 0 Å². The summed E-state index contributed by atoms with van der Waals surface area (Å²) in [5.41, 5.74) is 0.627. The second-order valence-corrected chi connectivity index (χ2v) is 8.43. The molecule has 1 fully saturated rings. The van der Waals surface area contributed by atoms with Gasteiger partial charge in [-0.1, -0.05) is 0 Å². The lowest BCUT2D eigenvalue weighted by molar-refractivity contribution is -0.155. The molecule has 0 radical (unpaired) electrons. The number of hydrogen-bond acceptors (Lipinski definition) is 6. The van der Waals surface area contributed by atoms with E-state index >= 15 is 0 Å². The maximum absolute atomic E-state index is 12.6. The van der Waals surface area contributed by atoms with Gasteiger partial charge in [-0.25, -0.2) is 4.98 Å². The predicted molar refractivity (Wildman–Crippen MR) is 104 cm³/mol. The van der Waals surface area contributed by atoms with Gasteiger partial charge in [-0.2, -0.15) is 0 Å². The number of piperidine rings is 1. The number of rotatable bonds is 4. The molecule has 0 aliphatic carbocycles. The Bertz CT molecular complexity index is 923. The minimum absolute atomic E-state index is 0.152. The Morgan fingerprint density at radius 3 is 2.59 bits per heavy atom. The third-order valence-electron chi connectivity index (χ3n) is 5.29. The number of thiophene rings is 1. The van der Waals surface area contributed by atoms with Crippen molar-refractivity contribution in [3.63, 3.8) is 0 Å². The van der Waals surface area contributed by atoms with Gasteiger partial charge < -0.3 is 9.64 Å². The summed E-state index contributed by atoms with van der Waals surface area (Å²) in [6.07, 6.45) is 4.39. The molecule has 1 aliphatic heterocycles. The zero-order chi connectivity index (χ0) is 19.7. The predicted octanol–water partition coefficient (Wildman–Crippen LogP) is 2.41. The van der Waals surface area contributed by atoms with Crippen LogP contribution in [0.1, 0.15) is 43.6 Å². The van der Waals surface area contributed by atoms with E-state index in [1.54, 1.807) is 4.90 Å². The first-order valence-corrected chi connectivity index (χ1v) is 10.0. The van der Waals surface area contributed by atoms with Gasteiger partial charge >= 0.3 is 5.97 Å². The number of esters is 1. The van der Waals surface area contributed by atoms with Crippen LogP contribution in [0.3, 0.4) is 0 Å². The Labute approximate surface area is 161 Å². The number of hydrogen-bond donors (Lipinski definition) is 0. The van der Waals surface area contributed by atoms with Crippen LogP contribution in [0.25, 0.3) is 10.2 Å². The Morgan fingerprint density at radius 2 is 1.93 bits per heavy atom. The SMILES string of the molecule is Cc1sc2ncn(CC(=O)OCC(=O)N3[C@H](C)CCC[C@@H]3C)c(=O)c2c1C. The molecular formula is C19H25N3O4S. The lowest BCUT2D eigenvalue weighted by Gasteiger charge is -2.38. The van der Waals surface area contributed by atoms with Crippen molar-refractivity contribution in [2.45, 2.75) is 65.6 Å². The molecule has 2 atom stereocenters. The molecule has 0 aromatic carbocycles. The molecule has 146 valence electrons. The van der Waals surface area contributed by atoms with Crippen LogP contribution < -0.4 is 5.56 Å². The normalized spacial score (nSPS) is 20.1. The number of fused-ring (bicyclic) bond motifs is 1. The Morgan fingerprint density at radius 1 is 1.26 bits per heavy atom. The molecule has 0 spiro atoms. The summed E-state index contributed by atoms with van der Waals surface area (Å²) < 4.78 is 6.38. The van der Waals surface area contributed by atoms with E-state index in [2.05, 4.69) is 4.98 Å². The van der Waals surface area contributed by atoms with Crippen LogP contribution >= 0.6 is 11.3 Å². The first kappa shape index (κ1) is 19.5. The fourth-order valence-electron chi connectivity index (χ4n) is 3.70. The third-order valence-corrected chi connectivity index (χ3v) is 6.41. The van der Waals surface area contributed by atoms with Gasteiger partial charge in [-0.05, 0) is 52.5 Å². The molecule has 0 unspecified atom stereocenters. The molecule has 1 aliphatic rings. The van der Waals surface area contributed by atoms with E-state index in [1.807, 2.05) is 27.7 Å². The van der Waals surface area contributed by atoms with E-state index < -0.39 is 5.97 Å². The largest absolute Gasteiger partial charge is 0.454 e. The van der Waals surface area contributed by atoms with Crippen LogP contribution in [0.15, 0.2) is 11.1 Å². The van der Waals surface area contributed by atoms with Gasteiger partial charge in [0.05, 0.1) is 11.7 Å². The van der Waals surface area contributed by atoms with E-state index in [-0.39, 0.29) is 36.7 Å². The second-order valence-electron chi connectivity index (χ2n) is 7.23. The van der Waals surface area contributed by atoms with E-state index in [0.29, 0.717) is 10.2 Å². The smallest absolute Gasteiger partial charge is 0.326 e. The summed E-state index contributed by atoms with van der Waals surface area (Å²) in [7, 11) is 0. The van der Waals surface area contributed by atoms with Crippen molar-refractivity contribution in [1.82, 2.24) is 14.5 Å². The van der Waals surface area contributed by atoms with Gasteiger partial charge in [-0.3, -0.25) is 19.0 Å². The lowest BCUT2D eigenvalue weighted by Crippen LogP contribution is -2.49. The molecule has 0 bridgehead atoms. The van der Waals surface area contributed by atoms with Crippen molar-refractivity contribution in [3.8, 4) is 0 Å². The number of aromatic nitrogens is 2. The molecule has 3 heterocycles. The molecule has 1 saturated heterocycles. The molecule has 7 nitrogen and oxygen atoms in total. The van der Waals surface area contributed by atoms with Crippen LogP contribution in [-0.2, 0) is 20.9 Å². The van der Waals surface area contributed by atoms with Gasteiger partial charge in [-0.15, -0.1) is 11.3 Å². The standard InChI is InChI=1S/C19H25N3O4S/c1-11-6-5-7-12(2)22(11)15(23)9-26-16(24)8-21-10-20-18-17(19(21)25)13(3)14(4)27-18/h10-12H,5-9H2,1-4H3/t11-,12+. The number of carbonyl (C=O) groups is 2. The second kappa shape index (κ2) is 7.80. The van der Waals surface area contributed by atoms with E-state index in [4.69, 9.17) is 4.74 Å². The van der Waals surface area contributed by atoms with E-state index in [1.165, 1.54) is 22.2 Å². The molecule has 8 heteroatoms. The zero-order valence-corrected chi connectivity index (χ0v) is 17.0. The molecule has 0 saturated carbocycles. The van der Waals surface area contributed by atoms with Gasteiger partial charge in [0.1, 0.15) is 11.4 Å². The molecule has 3 rings (SSSR count). The lowest BCUT2D eigenvalue weighted by atomic mass is 9.97. The summed E-state index contributed by atoms with van der Waals surface area (Å²) in [4.78, 5) is 45.0. The van der Waals surface area contributed by atoms with Gasteiger partial charge in [0.2, 0.25) is 0 Å². The number of ether oxygens (including phenoxy) is 1. The molecular weight excluding hydrogens is 366 g/mol. The van der Waals surface area contributed by atoms with Crippen LogP contribution in [-0.4, -0.2) is 45.0 Å². The third kappa shape index (κ3) is 3.90. The number of aryl methyl sites for hydroxylation is 2. The summed E-state index contributed by atoms with van der Waals surface area (Å²) in [5.74, 6) is -0.804. The minimum Gasteiger partial charge on any atom is -0.454 e. The van der Waals surface area contributed by atoms with Crippen molar-refractivity contribution < 1.29 is 14.3 Å². The highest BCUT2D eigenvalue weighted by Crippen LogP contribution is 2.25. The van der Waals surface area contributed by atoms with Crippen molar-refractivity contribution in [2.75, 3.05) is 6.61 Å². The topological polar surface area (TPSA) is 81.5 Å².